The number of pyridine rings is 1. The number of carbonyl (C=O) groups excluding carboxylic acids is 2. The van der Waals surface area contributed by atoms with E-state index in [1.54, 1.807) is 11.6 Å². The standard InChI is InChI=1S/C26H27N5O2S/c1-2-14-31(26(33)20-9-4-3-5-10-20)17-22-12-8-15-30(22)18-24-29-23(19-34-24)25(32)28-16-21-11-6-7-13-27-21/h3-13,15,19H,2,14,16-18H2,1H3,(H,28,32). The van der Waals surface area contributed by atoms with Crippen molar-refractivity contribution in [1.29, 1.82) is 0 Å². The van der Waals surface area contributed by atoms with Crippen molar-refractivity contribution in [3.63, 3.8) is 0 Å². The summed E-state index contributed by atoms with van der Waals surface area (Å²) in [6.45, 7) is 4.16. The summed E-state index contributed by atoms with van der Waals surface area (Å²) in [6, 6.07) is 19.0. The highest BCUT2D eigenvalue weighted by Crippen LogP contribution is 2.16. The molecule has 0 bridgehead atoms. The van der Waals surface area contributed by atoms with Gasteiger partial charge >= 0.3 is 0 Å². The minimum atomic E-state index is -0.219. The van der Waals surface area contributed by atoms with Crippen molar-refractivity contribution in [3.8, 4) is 0 Å². The molecule has 0 radical (unpaired) electrons. The first-order valence-corrected chi connectivity index (χ1v) is 12.1. The lowest BCUT2D eigenvalue weighted by molar-refractivity contribution is 0.0739. The van der Waals surface area contributed by atoms with Gasteiger partial charge in [0.1, 0.15) is 10.7 Å². The number of rotatable bonds is 10. The lowest BCUT2D eigenvalue weighted by Crippen LogP contribution is -2.32. The molecule has 0 saturated carbocycles. The van der Waals surface area contributed by atoms with E-state index in [9.17, 15) is 9.59 Å². The summed E-state index contributed by atoms with van der Waals surface area (Å²) in [6.07, 6.45) is 4.56. The number of nitrogens with one attached hydrogen (secondary N) is 1. The van der Waals surface area contributed by atoms with Crippen LogP contribution in [0.1, 0.15) is 50.6 Å². The van der Waals surface area contributed by atoms with Gasteiger partial charge in [0.05, 0.1) is 25.3 Å². The Morgan fingerprint density at radius 2 is 1.88 bits per heavy atom. The largest absolute Gasteiger partial charge is 0.345 e. The van der Waals surface area contributed by atoms with Gasteiger partial charge in [0.2, 0.25) is 0 Å². The predicted molar refractivity (Wildman–Crippen MR) is 133 cm³/mol. The molecule has 7 nitrogen and oxygen atoms in total. The van der Waals surface area contributed by atoms with E-state index in [1.807, 2.05) is 71.8 Å². The van der Waals surface area contributed by atoms with Crippen LogP contribution in [0.5, 0.6) is 0 Å². The van der Waals surface area contributed by atoms with Crippen LogP contribution in [0.2, 0.25) is 0 Å². The summed E-state index contributed by atoms with van der Waals surface area (Å²) in [5.41, 5.74) is 2.91. The molecule has 0 aliphatic heterocycles. The van der Waals surface area contributed by atoms with Crippen LogP contribution in [-0.2, 0) is 19.6 Å². The summed E-state index contributed by atoms with van der Waals surface area (Å²) in [5, 5.41) is 5.46. The van der Waals surface area contributed by atoms with Gasteiger partial charge in [0.25, 0.3) is 11.8 Å². The van der Waals surface area contributed by atoms with Crippen molar-refractivity contribution in [2.24, 2.45) is 0 Å². The van der Waals surface area contributed by atoms with Gasteiger partial charge in [-0.2, -0.15) is 0 Å². The van der Waals surface area contributed by atoms with Gasteiger partial charge in [-0.25, -0.2) is 4.98 Å². The zero-order valence-electron chi connectivity index (χ0n) is 19.1. The number of hydrogen-bond acceptors (Lipinski definition) is 5. The lowest BCUT2D eigenvalue weighted by Gasteiger charge is -2.23. The molecular formula is C26H27N5O2S. The molecule has 0 spiro atoms. The topological polar surface area (TPSA) is 80.1 Å². The van der Waals surface area contributed by atoms with E-state index in [4.69, 9.17) is 0 Å². The zero-order valence-corrected chi connectivity index (χ0v) is 19.9. The summed E-state index contributed by atoms with van der Waals surface area (Å²) in [7, 11) is 0. The second-order valence-corrected chi connectivity index (χ2v) is 8.79. The smallest absolute Gasteiger partial charge is 0.271 e. The van der Waals surface area contributed by atoms with E-state index >= 15 is 0 Å². The van der Waals surface area contributed by atoms with Crippen LogP contribution in [0.15, 0.2) is 78.4 Å². The zero-order chi connectivity index (χ0) is 23.8. The highest BCUT2D eigenvalue weighted by Gasteiger charge is 2.17. The Bertz CT molecular complexity index is 1220. The third-order valence-electron chi connectivity index (χ3n) is 5.32. The molecule has 0 saturated heterocycles. The van der Waals surface area contributed by atoms with Gasteiger partial charge in [0, 0.05) is 35.6 Å². The first kappa shape index (κ1) is 23.4. The molecule has 0 fully saturated rings. The maximum absolute atomic E-state index is 13.0. The van der Waals surface area contributed by atoms with E-state index in [2.05, 4.69) is 26.8 Å². The normalized spacial score (nSPS) is 10.7. The first-order valence-electron chi connectivity index (χ1n) is 11.2. The number of aromatic nitrogens is 3. The van der Waals surface area contributed by atoms with Gasteiger partial charge in [-0.1, -0.05) is 31.2 Å². The Hall–Kier alpha value is -3.78. The average molecular weight is 474 g/mol. The van der Waals surface area contributed by atoms with E-state index < -0.39 is 0 Å². The molecule has 0 aliphatic rings. The second kappa shape index (κ2) is 11.4. The number of nitrogens with zero attached hydrogens (tertiary/aromatic N) is 4. The van der Waals surface area contributed by atoms with Gasteiger partial charge in [0.15, 0.2) is 0 Å². The third kappa shape index (κ3) is 5.96. The Morgan fingerprint density at radius 1 is 1.06 bits per heavy atom. The summed E-state index contributed by atoms with van der Waals surface area (Å²) >= 11 is 1.45. The molecule has 34 heavy (non-hydrogen) atoms. The van der Waals surface area contributed by atoms with Crippen LogP contribution < -0.4 is 5.32 Å². The number of thiazole rings is 1. The van der Waals surface area contributed by atoms with Gasteiger partial charge in [-0.3, -0.25) is 14.6 Å². The Balaban J connectivity index is 1.40. The van der Waals surface area contributed by atoms with Crippen molar-refractivity contribution < 1.29 is 9.59 Å². The molecule has 2 amide bonds. The maximum Gasteiger partial charge on any atom is 0.271 e. The lowest BCUT2D eigenvalue weighted by atomic mass is 10.2. The third-order valence-corrected chi connectivity index (χ3v) is 6.16. The van der Waals surface area contributed by atoms with E-state index in [-0.39, 0.29) is 11.8 Å². The van der Waals surface area contributed by atoms with Gasteiger partial charge in [-0.05, 0) is 42.8 Å². The first-order chi connectivity index (χ1) is 16.6. The number of benzene rings is 1. The molecule has 3 aromatic heterocycles. The molecule has 1 N–H and O–H groups in total. The predicted octanol–water partition coefficient (Wildman–Crippen LogP) is 4.37. The van der Waals surface area contributed by atoms with Crippen LogP contribution in [0.3, 0.4) is 0 Å². The average Bonchev–Trinajstić information content (AvgIpc) is 3.53. The Morgan fingerprint density at radius 3 is 2.65 bits per heavy atom. The molecule has 4 aromatic rings. The van der Waals surface area contributed by atoms with Crippen LogP contribution in [0.4, 0.5) is 0 Å². The fourth-order valence-corrected chi connectivity index (χ4v) is 4.40. The van der Waals surface area contributed by atoms with Gasteiger partial charge in [-0.15, -0.1) is 11.3 Å². The minimum absolute atomic E-state index is 0.0244. The fraction of sp³-hybridized carbons (Fsp3) is 0.231. The minimum Gasteiger partial charge on any atom is -0.345 e. The quantitative estimate of drug-likeness (QED) is 0.371. The van der Waals surface area contributed by atoms with Crippen molar-refractivity contribution in [2.75, 3.05) is 6.54 Å². The summed E-state index contributed by atoms with van der Waals surface area (Å²) in [5.74, 6) is -0.195. The summed E-state index contributed by atoms with van der Waals surface area (Å²) in [4.78, 5) is 36.1. The molecule has 0 aliphatic carbocycles. The van der Waals surface area contributed by atoms with Gasteiger partial charge < -0.3 is 14.8 Å². The number of amides is 2. The van der Waals surface area contributed by atoms with Crippen LogP contribution in [0.25, 0.3) is 0 Å². The molecule has 0 unspecified atom stereocenters. The Labute approximate surface area is 203 Å². The number of hydrogen-bond donors (Lipinski definition) is 1. The highest BCUT2D eigenvalue weighted by atomic mass is 32.1. The van der Waals surface area contributed by atoms with Crippen molar-refractivity contribution in [2.45, 2.75) is 33.0 Å². The molecule has 4 rings (SSSR count). The second-order valence-electron chi connectivity index (χ2n) is 7.85. The maximum atomic E-state index is 13.0. The van der Waals surface area contributed by atoms with Crippen LogP contribution >= 0.6 is 11.3 Å². The fourth-order valence-electron chi connectivity index (χ4n) is 3.63. The SMILES string of the molecule is CCCN(Cc1cccn1Cc1nc(C(=O)NCc2ccccn2)cs1)C(=O)c1ccccc1. The number of carbonyl (C=O) groups is 2. The van der Waals surface area contributed by atoms with Crippen LogP contribution in [-0.4, -0.2) is 37.8 Å². The monoisotopic (exact) mass is 473 g/mol. The molecule has 0 atom stereocenters. The van der Waals surface area contributed by atoms with Crippen molar-refractivity contribution in [1.82, 2.24) is 24.8 Å². The van der Waals surface area contributed by atoms with Crippen molar-refractivity contribution >= 4 is 23.2 Å². The molecule has 1 aromatic carbocycles. The van der Waals surface area contributed by atoms with E-state index in [0.717, 1.165) is 22.8 Å². The van der Waals surface area contributed by atoms with E-state index in [1.165, 1.54) is 11.3 Å². The molecule has 174 valence electrons. The molecule has 3 heterocycles. The summed E-state index contributed by atoms with van der Waals surface area (Å²) < 4.78 is 2.08. The highest BCUT2D eigenvalue weighted by molar-refractivity contribution is 7.09. The van der Waals surface area contributed by atoms with Crippen molar-refractivity contribution in [3.05, 3.63) is 106 Å². The molecular weight excluding hydrogens is 446 g/mol. The molecule has 8 heteroatoms. The van der Waals surface area contributed by atoms with Crippen LogP contribution in [0, 0.1) is 0 Å². The van der Waals surface area contributed by atoms with E-state index in [0.29, 0.717) is 37.4 Å². The Kier molecular flexibility index (Phi) is 7.83.